The van der Waals surface area contributed by atoms with E-state index in [-0.39, 0.29) is 11.9 Å². The summed E-state index contributed by atoms with van der Waals surface area (Å²) >= 11 is 1.74. The molecule has 0 saturated carbocycles. The second kappa shape index (κ2) is 7.44. The highest BCUT2D eigenvalue weighted by atomic mass is 32.2. The molecular weight excluding hydrogens is 322 g/mol. The first-order valence-corrected chi connectivity index (χ1v) is 9.10. The fourth-order valence-electron chi connectivity index (χ4n) is 2.44. The molecule has 3 aromatic heterocycles. The summed E-state index contributed by atoms with van der Waals surface area (Å²) in [5.41, 5.74) is 2.20. The Morgan fingerprint density at radius 1 is 1.29 bits per heavy atom. The van der Waals surface area contributed by atoms with Crippen LogP contribution in [0.2, 0.25) is 0 Å². The molecular formula is C17H19N5OS. The number of fused-ring (bicyclic) bond motifs is 1. The van der Waals surface area contributed by atoms with Crippen molar-refractivity contribution in [2.24, 2.45) is 0 Å². The lowest BCUT2D eigenvalue weighted by atomic mass is 10.1. The van der Waals surface area contributed by atoms with Crippen molar-refractivity contribution in [3.63, 3.8) is 0 Å². The third-order valence-corrected chi connectivity index (χ3v) is 4.39. The maximum atomic E-state index is 12.5. The van der Waals surface area contributed by atoms with E-state index in [1.807, 2.05) is 48.0 Å². The summed E-state index contributed by atoms with van der Waals surface area (Å²) in [5, 5.41) is 11.5. The van der Waals surface area contributed by atoms with Gasteiger partial charge in [0.05, 0.1) is 11.6 Å². The maximum Gasteiger partial charge on any atom is 0.253 e. The van der Waals surface area contributed by atoms with Crippen molar-refractivity contribution in [1.82, 2.24) is 24.9 Å². The molecule has 24 heavy (non-hydrogen) atoms. The lowest BCUT2D eigenvalue weighted by molar-refractivity contribution is 0.0933. The van der Waals surface area contributed by atoms with Gasteiger partial charge in [0.15, 0.2) is 11.5 Å². The molecule has 0 aromatic carbocycles. The van der Waals surface area contributed by atoms with Crippen LogP contribution in [0.5, 0.6) is 0 Å². The van der Waals surface area contributed by atoms with Gasteiger partial charge in [-0.05, 0) is 49.6 Å². The summed E-state index contributed by atoms with van der Waals surface area (Å²) in [7, 11) is 0. The van der Waals surface area contributed by atoms with E-state index in [0.717, 1.165) is 29.3 Å². The number of amides is 1. The van der Waals surface area contributed by atoms with E-state index >= 15 is 0 Å². The van der Waals surface area contributed by atoms with E-state index < -0.39 is 0 Å². The molecule has 6 nitrogen and oxygen atoms in total. The maximum absolute atomic E-state index is 12.5. The highest BCUT2D eigenvalue weighted by Crippen LogP contribution is 2.19. The van der Waals surface area contributed by atoms with Gasteiger partial charge in [-0.1, -0.05) is 6.07 Å². The fraction of sp³-hybridized carbons (Fsp3) is 0.294. The van der Waals surface area contributed by atoms with Gasteiger partial charge in [0.2, 0.25) is 0 Å². The van der Waals surface area contributed by atoms with Crippen LogP contribution < -0.4 is 5.32 Å². The van der Waals surface area contributed by atoms with Crippen molar-refractivity contribution in [2.45, 2.75) is 19.4 Å². The lowest BCUT2D eigenvalue weighted by Crippen LogP contribution is -2.30. The van der Waals surface area contributed by atoms with Crippen molar-refractivity contribution in [3.05, 3.63) is 59.8 Å². The van der Waals surface area contributed by atoms with Gasteiger partial charge in [0.25, 0.3) is 5.91 Å². The van der Waals surface area contributed by atoms with Crippen LogP contribution >= 0.6 is 11.8 Å². The third kappa shape index (κ3) is 3.56. The molecule has 0 fully saturated rings. The molecule has 7 heteroatoms. The van der Waals surface area contributed by atoms with Crippen molar-refractivity contribution < 1.29 is 4.79 Å². The third-order valence-electron chi connectivity index (χ3n) is 3.74. The number of rotatable bonds is 6. The molecule has 1 atom stereocenters. The number of aryl methyl sites for hydroxylation is 1. The second-order valence-electron chi connectivity index (χ2n) is 5.48. The van der Waals surface area contributed by atoms with Crippen LogP contribution in [0.25, 0.3) is 5.65 Å². The molecule has 0 saturated heterocycles. The Labute approximate surface area is 144 Å². The number of thioether (sulfide) groups is 1. The topological polar surface area (TPSA) is 72.2 Å². The van der Waals surface area contributed by atoms with Crippen molar-refractivity contribution in [2.75, 3.05) is 12.0 Å². The van der Waals surface area contributed by atoms with Crippen LogP contribution in [-0.4, -0.2) is 37.5 Å². The smallest absolute Gasteiger partial charge is 0.253 e. The minimum atomic E-state index is -0.205. The van der Waals surface area contributed by atoms with E-state index in [9.17, 15) is 4.79 Å². The zero-order valence-corrected chi connectivity index (χ0v) is 14.5. The highest BCUT2D eigenvalue weighted by Gasteiger charge is 2.20. The van der Waals surface area contributed by atoms with E-state index in [1.54, 1.807) is 24.0 Å². The summed E-state index contributed by atoms with van der Waals surface area (Å²) in [6, 6.07) is 9.15. The van der Waals surface area contributed by atoms with Gasteiger partial charge in [-0.15, -0.1) is 10.2 Å². The molecule has 0 aliphatic rings. The molecule has 124 valence electrons. The fourth-order valence-corrected chi connectivity index (χ4v) is 2.91. The van der Waals surface area contributed by atoms with Gasteiger partial charge in [-0.25, -0.2) is 0 Å². The zero-order valence-electron chi connectivity index (χ0n) is 13.6. The Morgan fingerprint density at radius 2 is 2.17 bits per heavy atom. The first kappa shape index (κ1) is 16.4. The number of carbonyl (C=O) groups is 1. The Balaban J connectivity index is 1.86. The number of pyridine rings is 2. The summed E-state index contributed by atoms with van der Waals surface area (Å²) in [6.45, 7) is 1.89. The number of carbonyl (C=O) groups excluding carboxylic acids is 1. The van der Waals surface area contributed by atoms with Gasteiger partial charge in [0.1, 0.15) is 0 Å². The van der Waals surface area contributed by atoms with Gasteiger partial charge in [-0.2, -0.15) is 11.8 Å². The van der Waals surface area contributed by atoms with Crippen LogP contribution in [0.15, 0.2) is 42.7 Å². The quantitative estimate of drug-likeness (QED) is 0.746. The minimum absolute atomic E-state index is 0.152. The van der Waals surface area contributed by atoms with E-state index in [2.05, 4.69) is 20.5 Å². The molecule has 0 spiro atoms. The monoisotopic (exact) mass is 341 g/mol. The van der Waals surface area contributed by atoms with E-state index in [1.165, 1.54) is 0 Å². The molecule has 3 heterocycles. The first-order valence-electron chi connectivity index (χ1n) is 7.71. The Kier molecular flexibility index (Phi) is 5.10. The van der Waals surface area contributed by atoms with Crippen LogP contribution in [-0.2, 0) is 0 Å². The zero-order chi connectivity index (χ0) is 16.9. The van der Waals surface area contributed by atoms with Gasteiger partial charge < -0.3 is 5.32 Å². The predicted molar refractivity (Wildman–Crippen MR) is 95.2 cm³/mol. The molecule has 0 aliphatic carbocycles. The molecule has 1 amide bonds. The minimum Gasteiger partial charge on any atom is -0.342 e. The van der Waals surface area contributed by atoms with Crippen molar-refractivity contribution in [3.8, 4) is 0 Å². The molecule has 0 bridgehead atoms. The molecule has 1 N–H and O–H groups in total. The average Bonchev–Trinajstić information content (AvgIpc) is 3.03. The Bertz CT molecular complexity index is 830. The molecule has 0 radical (unpaired) electrons. The van der Waals surface area contributed by atoms with Crippen molar-refractivity contribution >= 4 is 23.3 Å². The number of nitrogens with one attached hydrogen (secondary N) is 1. The predicted octanol–water partition coefficient (Wildman–Crippen LogP) is 2.66. The Morgan fingerprint density at radius 3 is 2.92 bits per heavy atom. The normalized spacial score (nSPS) is 12.2. The average molecular weight is 341 g/mol. The molecule has 1 unspecified atom stereocenters. The van der Waals surface area contributed by atoms with Crippen LogP contribution in [0, 0.1) is 6.92 Å². The van der Waals surface area contributed by atoms with Gasteiger partial charge >= 0.3 is 0 Å². The summed E-state index contributed by atoms with van der Waals surface area (Å²) in [4.78, 5) is 16.7. The Hall–Kier alpha value is -2.41. The number of aromatic nitrogens is 4. The lowest BCUT2D eigenvalue weighted by Gasteiger charge is -2.17. The van der Waals surface area contributed by atoms with E-state index in [4.69, 9.17) is 0 Å². The van der Waals surface area contributed by atoms with Crippen LogP contribution in [0.1, 0.15) is 34.3 Å². The molecule has 3 aromatic rings. The summed E-state index contributed by atoms with van der Waals surface area (Å²) in [5.74, 6) is 1.51. The molecule has 3 rings (SSSR count). The van der Waals surface area contributed by atoms with Gasteiger partial charge in [-0.3, -0.25) is 14.2 Å². The first-order chi connectivity index (χ1) is 11.7. The SMILES string of the molecule is CSCCC(NC(=O)c1ccc(C)nc1)c1nnc2ccccn12. The second-order valence-corrected chi connectivity index (χ2v) is 6.47. The van der Waals surface area contributed by atoms with Crippen LogP contribution in [0.4, 0.5) is 0 Å². The summed E-state index contributed by atoms with van der Waals surface area (Å²) < 4.78 is 1.92. The summed E-state index contributed by atoms with van der Waals surface area (Å²) in [6.07, 6.45) is 6.33. The standard InChI is InChI=1S/C17H19N5OS/c1-12-6-7-13(11-18-12)17(23)19-14(8-10-24-2)16-21-20-15-5-3-4-9-22(15)16/h3-7,9,11,14H,8,10H2,1-2H3,(H,19,23). The van der Waals surface area contributed by atoms with Gasteiger partial charge in [0, 0.05) is 18.1 Å². The van der Waals surface area contributed by atoms with E-state index in [0.29, 0.717) is 5.56 Å². The largest absolute Gasteiger partial charge is 0.342 e. The van der Waals surface area contributed by atoms with Crippen molar-refractivity contribution in [1.29, 1.82) is 0 Å². The molecule has 0 aliphatic heterocycles. The highest BCUT2D eigenvalue weighted by molar-refractivity contribution is 7.98. The van der Waals surface area contributed by atoms with Crippen LogP contribution in [0.3, 0.4) is 0 Å². The number of nitrogens with zero attached hydrogens (tertiary/aromatic N) is 4. The number of hydrogen-bond acceptors (Lipinski definition) is 5. The number of hydrogen-bond donors (Lipinski definition) is 1.